The molecule has 1 aromatic rings. The van der Waals surface area contributed by atoms with Crippen molar-refractivity contribution in [3.05, 3.63) is 35.4 Å². The Bertz CT molecular complexity index is 418. The molecule has 0 aromatic heterocycles. The Morgan fingerprint density at radius 1 is 1.44 bits per heavy atom. The number of hydrogen-bond acceptors (Lipinski definition) is 2. The summed E-state index contributed by atoms with van der Waals surface area (Å²) in [6.07, 6.45) is -3.92. The van der Waals surface area contributed by atoms with Crippen LogP contribution in [0.3, 0.4) is 0 Å². The summed E-state index contributed by atoms with van der Waals surface area (Å²) in [5, 5.41) is 8.25. The highest BCUT2D eigenvalue weighted by molar-refractivity contribution is 7.99. The SMILES string of the molecule is CCC(SCc1cccc(C(F)(F)F)c1)C(=O)O. The third-order valence-electron chi connectivity index (χ3n) is 2.35. The van der Waals surface area contributed by atoms with Gasteiger partial charge in [0.05, 0.1) is 5.56 Å². The number of benzene rings is 1. The summed E-state index contributed by atoms with van der Waals surface area (Å²) in [6, 6.07) is 4.96. The Labute approximate surface area is 107 Å². The highest BCUT2D eigenvalue weighted by Crippen LogP contribution is 2.30. The molecule has 0 aliphatic heterocycles. The van der Waals surface area contributed by atoms with E-state index in [4.69, 9.17) is 5.11 Å². The van der Waals surface area contributed by atoms with Crippen LogP contribution in [0.15, 0.2) is 24.3 Å². The first-order valence-corrected chi connectivity index (χ1v) is 6.40. The third-order valence-corrected chi connectivity index (χ3v) is 3.79. The van der Waals surface area contributed by atoms with Crippen molar-refractivity contribution in [1.29, 1.82) is 0 Å². The first kappa shape index (κ1) is 14.9. The van der Waals surface area contributed by atoms with Gasteiger partial charge in [0, 0.05) is 5.75 Å². The van der Waals surface area contributed by atoms with Crippen molar-refractivity contribution < 1.29 is 23.1 Å². The molecular weight excluding hydrogens is 265 g/mol. The van der Waals surface area contributed by atoms with E-state index in [1.165, 1.54) is 6.07 Å². The maximum atomic E-state index is 12.5. The summed E-state index contributed by atoms with van der Waals surface area (Å²) in [4.78, 5) is 10.8. The molecule has 0 spiro atoms. The van der Waals surface area contributed by atoms with Crippen LogP contribution in [0.2, 0.25) is 0 Å². The highest BCUT2D eigenvalue weighted by atomic mass is 32.2. The van der Waals surface area contributed by atoms with E-state index < -0.39 is 23.0 Å². The Hall–Kier alpha value is -1.17. The Kier molecular flexibility index (Phi) is 5.07. The van der Waals surface area contributed by atoms with Crippen LogP contribution in [0, 0.1) is 0 Å². The van der Waals surface area contributed by atoms with Crippen LogP contribution >= 0.6 is 11.8 Å². The molecule has 1 aromatic carbocycles. The van der Waals surface area contributed by atoms with Gasteiger partial charge in [-0.2, -0.15) is 13.2 Å². The summed E-state index contributed by atoms with van der Waals surface area (Å²) in [5.74, 6) is -0.677. The maximum absolute atomic E-state index is 12.5. The quantitative estimate of drug-likeness (QED) is 0.890. The Morgan fingerprint density at radius 3 is 2.61 bits per heavy atom. The van der Waals surface area contributed by atoms with Crippen LogP contribution in [-0.4, -0.2) is 16.3 Å². The van der Waals surface area contributed by atoms with Gasteiger partial charge in [-0.25, -0.2) is 0 Å². The van der Waals surface area contributed by atoms with Crippen molar-refractivity contribution in [3.63, 3.8) is 0 Å². The van der Waals surface area contributed by atoms with Gasteiger partial charge in [0.15, 0.2) is 0 Å². The van der Waals surface area contributed by atoms with Gasteiger partial charge in [0.2, 0.25) is 0 Å². The van der Waals surface area contributed by atoms with Gasteiger partial charge < -0.3 is 5.11 Å². The molecule has 1 unspecified atom stereocenters. The van der Waals surface area contributed by atoms with Crippen LogP contribution in [0.1, 0.15) is 24.5 Å². The first-order valence-electron chi connectivity index (χ1n) is 5.35. The summed E-state index contributed by atoms with van der Waals surface area (Å²) < 4.78 is 37.4. The molecule has 100 valence electrons. The number of thioether (sulfide) groups is 1. The zero-order valence-corrected chi connectivity index (χ0v) is 10.5. The monoisotopic (exact) mass is 278 g/mol. The average molecular weight is 278 g/mol. The number of carboxylic acids is 1. The number of carbonyl (C=O) groups is 1. The summed E-state index contributed by atoms with van der Waals surface area (Å²) in [7, 11) is 0. The molecule has 0 amide bonds. The van der Waals surface area contributed by atoms with E-state index in [2.05, 4.69) is 0 Å². The minimum atomic E-state index is -4.36. The molecule has 0 saturated heterocycles. The molecule has 1 N–H and O–H groups in total. The highest BCUT2D eigenvalue weighted by Gasteiger charge is 2.30. The summed E-state index contributed by atoms with van der Waals surface area (Å²) >= 11 is 1.14. The standard InChI is InChI=1S/C12H13F3O2S/c1-2-10(11(16)17)18-7-8-4-3-5-9(6-8)12(13,14)15/h3-6,10H,2,7H2,1H3,(H,16,17). The van der Waals surface area contributed by atoms with Crippen molar-refractivity contribution in [3.8, 4) is 0 Å². The van der Waals surface area contributed by atoms with E-state index in [9.17, 15) is 18.0 Å². The normalized spacial score (nSPS) is 13.3. The fourth-order valence-corrected chi connectivity index (χ4v) is 2.35. The smallest absolute Gasteiger partial charge is 0.416 e. The molecule has 0 aliphatic rings. The zero-order chi connectivity index (χ0) is 13.8. The van der Waals surface area contributed by atoms with Gasteiger partial charge in [-0.1, -0.05) is 25.1 Å². The Balaban J connectivity index is 2.71. The lowest BCUT2D eigenvalue weighted by atomic mass is 10.1. The van der Waals surface area contributed by atoms with E-state index >= 15 is 0 Å². The predicted molar refractivity (Wildman–Crippen MR) is 64.5 cm³/mol. The van der Waals surface area contributed by atoms with Crippen molar-refractivity contribution in [1.82, 2.24) is 0 Å². The summed E-state index contributed by atoms with van der Waals surface area (Å²) in [5.41, 5.74) is -0.224. The number of alkyl halides is 3. The predicted octanol–water partition coefficient (Wildman–Crippen LogP) is 3.80. The largest absolute Gasteiger partial charge is 0.480 e. The van der Waals surface area contributed by atoms with Crippen LogP contribution in [0.4, 0.5) is 13.2 Å². The minimum absolute atomic E-state index is 0.259. The number of carboxylic acid groups (broad SMARTS) is 1. The summed E-state index contributed by atoms with van der Waals surface area (Å²) in [6.45, 7) is 1.73. The van der Waals surface area contributed by atoms with E-state index in [0.717, 1.165) is 23.9 Å². The molecule has 0 aliphatic carbocycles. The van der Waals surface area contributed by atoms with Gasteiger partial charge in [-0.05, 0) is 18.1 Å². The molecule has 0 heterocycles. The molecule has 2 nitrogen and oxygen atoms in total. The second kappa shape index (κ2) is 6.13. The van der Waals surface area contributed by atoms with Crippen LogP contribution in [-0.2, 0) is 16.7 Å². The molecule has 18 heavy (non-hydrogen) atoms. The van der Waals surface area contributed by atoms with Gasteiger partial charge in [0.25, 0.3) is 0 Å². The van der Waals surface area contributed by atoms with E-state index in [1.54, 1.807) is 13.0 Å². The van der Waals surface area contributed by atoms with E-state index in [-0.39, 0.29) is 5.75 Å². The molecule has 0 bridgehead atoms. The number of aliphatic carboxylic acids is 1. The fraction of sp³-hybridized carbons (Fsp3) is 0.417. The molecule has 6 heteroatoms. The number of hydrogen-bond donors (Lipinski definition) is 1. The van der Waals surface area contributed by atoms with Crippen LogP contribution < -0.4 is 0 Å². The van der Waals surface area contributed by atoms with Gasteiger partial charge in [-0.15, -0.1) is 11.8 Å². The number of halogens is 3. The minimum Gasteiger partial charge on any atom is -0.480 e. The van der Waals surface area contributed by atoms with Crippen molar-refractivity contribution in [2.75, 3.05) is 0 Å². The van der Waals surface area contributed by atoms with E-state index in [1.807, 2.05) is 0 Å². The van der Waals surface area contributed by atoms with Crippen molar-refractivity contribution >= 4 is 17.7 Å². The van der Waals surface area contributed by atoms with E-state index in [0.29, 0.717) is 12.0 Å². The second-order valence-electron chi connectivity index (χ2n) is 3.74. The van der Waals surface area contributed by atoms with Crippen molar-refractivity contribution in [2.24, 2.45) is 0 Å². The maximum Gasteiger partial charge on any atom is 0.416 e. The zero-order valence-electron chi connectivity index (χ0n) is 9.70. The Morgan fingerprint density at radius 2 is 2.11 bits per heavy atom. The molecule has 1 rings (SSSR count). The van der Waals surface area contributed by atoms with Crippen LogP contribution in [0.25, 0.3) is 0 Å². The van der Waals surface area contributed by atoms with Gasteiger partial charge in [-0.3, -0.25) is 4.79 Å². The van der Waals surface area contributed by atoms with Crippen molar-refractivity contribution in [2.45, 2.75) is 30.5 Å². The molecule has 0 radical (unpaired) electrons. The first-order chi connectivity index (χ1) is 8.34. The fourth-order valence-electron chi connectivity index (χ4n) is 1.40. The average Bonchev–Trinajstić information content (AvgIpc) is 2.28. The molecule has 1 atom stereocenters. The number of rotatable bonds is 5. The lowest BCUT2D eigenvalue weighted by Gasteiger charge is -2.11. The third kappa shape index (κ3) is 4.25. The lowest BCUT2D eigenvalue weighted by Crippen LogP contribution is -2.15. The molecular formula is C12H13F3O2S. The van der Waals surface area contributed by atoms with Gasteiger partial charge in [0.1, 0.15) is 5.25 Å². The second-order valence-corrected chi connectivity index (χ2v) is 4.94. The molecule has 0 saturated carbocycles. The molecule has 0 fully saturated rings. The van der Waals surface area contributed by atoms with Gasteiger partial charge >= 0.3 is 12.1 Å². The topological polar surface area (TPSA) is 37.3 Å². The van der Waals surface area contributed by atoms with Crippen LogP contribution in [0.5, 0.6) is 0 Å². The lowest BCUT2D eigenvalue weighted by molar-refractivity contribution is -0.138.